The van der Waals surface area contributed by atoms with E-state index in [4.69, 9.17) is 9.26 Å². The molecule has 1 aromatic carbocycles. The molecule has 1 fully saturated rings. The molecule has 1 amide bonds. The second-order valence-corrected chi connectivity index (χ2v) is 6.92. The van der Waals surface area contributed by atoms with Crippen molar-refractivity contribution >= 4 is 5.91 Å². The minimum absolute atomic E-state index is 0.0759. The van der Waals surface area contributed by atoms with Gasteiger partial charge in [0, 0.05) is 19.2 Å². The largest absolute Gasteiger partial charge is 0.486 e. The maximum absolute atomic E-state index is 12.6. The van der Waals surface area contributed by atoms with Crippen molar-refractivity contribution in [2.45, 2.75) is 58.6 Å². The molecular weight excluding hydrogens is 316 g/mol. The molecule has 1 aliphatic rings. The molecule has 5 heteroatoms. The number of benzene rings is 1. The van der Waals surface area contributed by atoms with Gasteiger partial charge in [0.2, 0.25) is 0 Å². The Hall–Kier alpha value is -2.30. The monoisotopic (exact) mass is 342 g/mol. The zero-order valence-corrected chi connectivity index (χ0v) is 15.2. The van der Waals surface area contributed by atoms with Gasteiger partial charge in [0.05, 0.1) is 0 Å². The summed E-state index contributed by atoms with van der Waals surface area (Å²) in [6.45, 7) is 4.38. The van der Waals surface area contributed by atoms with Crippen molar-refractivity contribution in [3.63, 3.8) is 0 Å². The van der Waals surface area contributed by atoms with Crippen molar-refractivity contribution in [2.24, 2.45) is 0 Å². The Labute approximate surface area is 148 Å². The van der Waals surface area contributed by atoms with Crippen LogP contribution in [0.25, 0.3) is 0 Å². The van der Waals surface area contributed by atoms with Gasteiger partial charge < -0.3 is 14.2 Å². The summed E-state index contributed by atoms with van der Waals surface area (Å²) in [5.74, 6) is 1.26. The Morgan fingerprint density at radius 1 is 1.20 bits per heavy atom. The molecule has 0 bridgehead atoms. The van der Waals surface area contributed by atoms with E-state index in [0.717, 1.165) is 18.6 Å². The van der Waals surface area contributed by atoms with Crippen LogP contribution in [0.5, 0.6) is 5.75 Å². The molecule has 3 rings (SSSR count). The highest BCUT2D eigenvalue weighted by Gasteiger charge is 2.25. The lowest BCUT2D eigenvalue weighted by Gasteiger charge is -2.30. The van der Waals surface area contributed by atoms with E-state index in [1.165, 1.54) is 30.4 Å². The summed E-state index contributed by atoms with van der Waals surface area (Å²) in [4.78, 5) is 14.4. The summed E-state index contributed by atoms with van der Waals surface area (Å²) in [5.41, 5.74) is 2.76. The van der Waals surface area contributed by atoms with Gasteiger partial charge in [0.25, 0.3) is 5.91 Å². The summed E-state index contributed by atoms with van der Waals surface area (Å²) in [7, 11) is 1.86. The minimum atomic E-state index is -0.0759. The summed E-state index contributed by atoms with van der Waals surface area (Å²) in [5, 5.41) is 3.93. The average molecular weight is 342 g/mol. The fraction of sp³-hybridized carbons (Fsp3) is 0.500. The predicted molar refractivity (Wildman–Crippen MR) is 95.7 cm³/mol. The SMILES string of the molecule is Cc1ccc(OCc2cc(C(=O)N(C)C3CCCCC3)no2)cc1C. The van der Waals surface area contributed by atoms with Crippen LogP contribution in [-0.4, -0.2) is 29.1 Å². The first-order valence-corrected chi connectivity index (χ1v) is 8.97. The number of ether oxygens (including phenoxy) is 1. The molecule has 0 unspecified atom stereocenters. The predicted octanol–water partition coefficient (Wildman–Crippen LogP) is 4.28. The molecule has 0 atom stereocenters. The van der Waals surface area contributed by atoms with Gasteiger partial charge in [-0.05, 0) is 49.9 Å². The summed E-state index contributed by atoms with van der Waals surface area (Å²) >= 11 is 0. The van der Waals surface area contributed by atoms with Crippen molar-refractivity contribution in [3.8, 4) is 5.75 Å². The van der Waals surface area contributed by atoms with Gasteiger partial charge in [-0.1, -0.05) is 30.5 Å². The van der Waals surface area contributed by atoms with Crippen LogP contribution < -0.4 is 4.74 Å². The van der Waals surface area contributed by atoms with Crippen LogP contribution in [0.4, 0.5) is 0 Å². The highest BCUT2D eigenvalue weighted by Crippen LogP contribution is 2.23. The van der Waals surface area contributed by atoms with E-state index in [1.807, 2.05) is 30.1 Å². The van der Waals surface area contributed by atoms with Gasteiger partial charge in [-0.2, -0.15) is 0 Å². The van der Waals surface area contributed by atoms with E-state index in [2.05, 4.69) is 19.0 Å². The van der Waals surface area contributed by atoms with Crippen molar-refractivity contribution in [3.05, 3.63) is 46.8 Å². The number of hydrogen-bond acceptors (Lipinski definition) is 4. The van der Waals surface area contributed by atoms with Crippen LogP contribution >= 0.6 is 0 Å². The number of nitrogens with zero attached hydrogens (tertiary/aromatic N) is 2. The van der Waals surface area contributed by atoms with Crippen molar-refractivity contribution in [2.75, 3.05) is 7.05 Å². The molecule has 0 radical (unpaired) electrons. The van der Waals surface area contributed by atoms with Crippen molar-refractivity contribution in [1.29, 1.82) is 0 Å². The van der Waals surface area contributed by atoms with Gasteiger partial charge in [-0.15, -0.1) is 0 Å². The topological polar surface area (TPSA) is 55.6 Å². The Bertz CT molecular complexity index is 732. The van der Waals surface area contributed by atoms with E-state index >= 15 is 0 Å². The molecule has 2 aromatic rings. The Morgan fingerprint density at radius 3 is 2.68 bits per heavy atom. The van der Waals surface area contributed by atoms with Gasteiger partial charge in [0.1, 0.15) is 12.4 Å². The Balaban J connectivity index is 1.59. The molecule has 0 saturated heterocycles. The number of aromatic nitrogens is 1. The van der Waals surface area contributed by atoms with Crippen molar-refractivity contribution < 1.29 is 14.1 Å². The molecule has 1 aromatic heterocycles. The highest BCUT2D eigenvalue weighted by atomic mass is 16.5. The van der Waals surface area contributed by atoms with Gasteiger partial charge in [-0.3, -0.25) is 4.79 Å². The van der Waals surface area contributed by atoms with E-state index < -0.39 is 0 Å². The van der Waals surface area contributed by atoms with Crippen LogP contribution in [0.2, 0.25) is 0 Å². The standard InChI is InChI=1S/C20H26N2O3/c1-14-9-10-17(11-15(14)2)24-13-18-12-19(21-25-18)20(23)22(3)16-7-5-4-6-8-16/h9-12,16H,4-8,13H2,1-3H3. The highest BCUT2D eigenvalue weighted by molar-refractivity contribution is 5.92. The Morgan fingerprint density at radius 2 is 1.96 bits per heavy atom. The van der Waals surface area contributed by atoms with Crippen LogP contribution in [0.15, 0.2) is 28.8 Å². The molecular formula is C20H26N2O3. The number of amides is 1. The molecule has 0 aliphatic heterocycles. The first-order chi connectivity index (χ1) is 12.0. The molecule has 0 N–H and O–H groups in total. The third-order valence-corrected chi connectivity index (χ3v) is 5.08. The van der Waals surface area contributed by atoms with E-state index in [9.17, 15) is 4.79 Å². The van der Waals surface area contributed by atoms with Gasteiger partial charge in [-0.25, -0.2) is 0 Å². The van der Waals surface area contributed by atoms with Crippen molar-refractivity contribution in [1.82, 2.24) is 10.1 Å². The quantitative estimate of drug-likeness (QED) is 0.814. The average Bonchev–Trinajstić information content (AvgIpc) is 3.11. The second kappa shape index (κ2) is 7.72. The lowest BCUT2D eigenvalue weighted by Crippen LogP contribution is -2.38. The number of carbonyl (C=O) groups is 1. The smallest absolute Gasteiger partial charge is 0.276 e. The van der Waals surface area contributed by atoms with Crippen LogP contribution in [0.1, 0.15) is 59.5 Å². The number of aryl methyl sites for hydroxylation is 2. The molecule has 134 valence electrons. The third kappa shape index (κ3) is 4.21. The summed E-state index contributed by atoms with van der Waals surface area (Å²) in [6, 6.07) is 7.95. The molecule has 1 heterocycles. The Kier molecular flexibility index (Phi) is 5.41. The van der Waals surface area contributed by atoms with E-state index in [0.29, 0.717) is 17.5 Å². The van der Waals surface area contributed by atoms with Crippen LogP contribution in [0, 0.1) is 13.8 Å². The zero-order valence-electron chi connectivity index (χ0n) is 15.2. The van der Waals surface area contributed by atoms with Crippen LogP contribution in [0.3, 0.4) is 0 Å². The van der Waals surface area contributed by atoms with Crippen LogP contribution in [-0.2, 0) is 6.61 Å². The zero-order chi connectivity index (χ0) is 17.8. The minimum Gasteiger partial charge on any atom is -0.486 e. The lowest BCUT2D eigenvalue weighted by molar-refractivity contribution is 0.0685. The normalized spacial score (nSPS) is 15.2. The maximum atomic E-state index is 12.6. The number of hydrogen-bond donors (Lipinski definition) is 0. The maximum Gasteiger partial charge on any atom is 0.276 e. The fourth-order valence-corrected chi connectivity index (χ4v) is 3.25. The lowest BCUT2D eigenvalue weighted by atomic mass is 9.94. The van der Waals surface area contributed by atoms with Gasteiger partial charge in [0.15, 0.2) is 11.5 Å². The molecule has 1 saturated carbocycles. The molecule has 0 spiro atoms. The summed E-state index contributed by atoms with van der Waals surface area (Å²) in [6.07, 6.45) is 5.79. The molecule has 1 aliphatic carbocycles. The first kappa shape index (κ1) is 17.5. The molecule has 25 heavy (non-hydrogen) atoms. The number of carbonyl (C=O) groups excluding carboxylic acids is 1. The van der Waals surface area contributed by atoms with Gasteiger partial charge >= 0.3 is 0 Å². The molecule has 5 nitrogen and oxygen atoms in total. The van der Waals surface area contributed by atoms with E-state index in [1.54, 1.807) is 6.07 Å². The first-order valence-electron chi connectivity index (χ1n) is 8.97. The summed E-state index contributed by atoms with van der Waals surface area (Å²) < 4.78 is 11.0. The fourth-order valence-electron chi connectivity index (χ4n) is 3.25. The second-order valence-electron chi connectivity index (χ2n) is 6.92. The van der Waals surface area contributed by atoms with E-state index in [-0.39, 0.29) is 12.5 Å². The third-order valence-electron chi connectivity index (χ3n) is 5.08. The number of rotatable bonds is 5.